The van der Waals surface area contributed by atoms with Crippen LogP contribution in [0.25, 0.3) is 10.1 Å². The highest BCUT2D eigenvalue weighted by molar-refractivity contribution is 7.17. The van der Waals surface area contributed by atoms with E-state index < -0.39 is 5.97 Å². The zero-order chi connectivity index (χ0) is 14.8. The van der Waals surface area contributed by atoms with Crippen molar-refractivity contribution in [1.29, 1.82) is 0 Å². The first-order chi connectivity index (χ1) is 10.1. The van der Waals surface area contributed by atoms with Gasteiger partial charge in [-0.15, -0.1) is 11.3 Å². The van der Waals surface area contributed by atoms with Crippen LogP contribution in [0.15, 0.2) is 46.6 Å². The predicted octanol–water partition coefficient (Wildman–Crippen LogP) is 2.35. The van der Waals surface area contributed by atoms with Crippen molar-refractivity contribution in [1.82, 2.24) is 9.78 Å². The number of nitrogens with zero attached hydrogens (tertiary/aromatic N) is 2. The van der Waals surface area contributed by atoms with Crippen molar-refractivity contribution in [3.8, 4) is 0 Å². The molecule has 0 saturated heterocycles. The molecule has 0 fully saturated rings. The first-order valence-corrected chi connectivity index (χ1v) is 7.20. The number of aromatic nitrogens is 2. The second kappa shape index (κ2) is 5.49. The van der Waals surface area contributed by atoms with E-state index in [4.69, 9.17) is 4.74 Å². The van der Waals surface area contributed by atoms with E-state index >= 15 is 0 Å². The smallest absolute Gasteiger partial charge is 0.359 e. The topological polar surface area (TPSA) is 61.2 Å². The number of fused-ring (bicyclic) bond motifs is 1. The number of esters is 1. The number of aryl methyl sites for hydroxylation is 1. The van der Waals surface area contributed by atoms with Crippen molar-refractivity contribution in [3.05, 3.63) is 63.4 Å². The third-order valence-electron chi connectivity index (χ3n) is 3.09. The van der Waals surface area contributed by atoms with Crippen LogP contribution in [0.1, 0.15) is 16.1 Å². The molecule has 0 aliphatic heterocycles. The lowest BCUT2D eigenvalue weighted by molar-refractivity contribution is 0.0465. The highest BCUT2D eigenvalue weighted by Gasteiger charge is 2.12. The minimum Gasteiger partial charge on any atom is -0.456 e. The van der Waals surface area contributed by atoms with Gasteiger partial charge in [0.1, 0.15) is 6.61 Å². The van der Waals surface area contributed by atoms with E-state index in [1.807, 2.05) is 29.6 Å². The summed E-state index contributed by atoms with van der Waals surface area (Å²) in [4.78, 5) is 23.2. The van der Waals surface area contributed by atoms with E-state index in [2.05, 4.69) is 5.10 Å². The van der Waals surface area contributed by atoms with E-state index in [0.717, 1.165) is 20.3 Å². The van der Waals surface area contributed by atoms with Gasteiger partial charge in [0.25, 0.3) is 5.56 Å². The van der Waals surface area contributed by atoms with Gasteiger partial charge in [0.2, 0.25) is 0 Å². The van der Waals surface area contributed by atoms with Gasteiger partial charge >= 0.3 is 5.97 Å². The van der Waals surface area contributed by atoms with Gasteiger partial charge in [0, 0.05) is 23.4 Å². The number of carbonyl (C=O) groups excluding carboxylic acids is 1. The normalized spacial score (nSPS) is 10.7. The Bertz CT molecular complexity index is 866. The molecule has 0 radical (unpaired) electrons. The lowest BCUT2D eigenvalue weighted by Crippen LogP contribution is -2.21. The van der Waals surface area contributed by atoms with Crippen LogP contribution < -0.4 is 5.56 Å². The summed E-state index contributed by atoms with van der Waals surface area (Å²) in [7, 11) is 1.49. The molecule has 3 rings (SSSR count). The molecular weight excluding hydrogens is 288 g/mol. The Morgan fingerprint density at radius 3 is 2.90 bits per heavy atom. The summed E-state index contributed by atoms with van der Waals surface area (Å²) in [6, 6.07) is 10.6. The maximum atomic E-state index is 11.9. The molecule has 0 amide bonds. The molecule has 0 spiro atoms. The molecule has 1 aromatic carbocycles. The van der Waals surface area contributed by atoms with Crippen LogP contribution in [0, 0.1) is 0 Å². The van der Waals surface area contributed by atoms with Gasteiger partial charge in [-0.05, 0) is 22.9 Å². The van der Waals surface area contributed by atoms with Crippen molar-refractivity contribution in [2.45, 2.75) is 6.61 Å². The third-order valence-corrected chi connectivity index (χ3v) is 4.10. The Labute approximate surface area is 124 Å². The first kappa shape index (κ1) is 13.5. The number of hydrogen-bond acceptors (Lipinski definition) is 5. The minimum absolute atomic E-state index is 0.122. The van der Waals surface area contributed by atoms with Crippen molar-refractivity contribution in [3.63, 3.8) is 0 Å². The average Bonchev–Trinajstić information content (AvgIpc) is 2.91. The molecule has 0 N–H and O–H groups in total. The zero-order valence-electron chi connectivity index (χ0n) is 11.3. The van der Waals surface area contributed by atoms with E-state index in [9.17, 15) is 9.59 Å². The van der Waals surface area contributed by atoms with Gasteiger partial charge in [-0.1, -0.05) is 18.2 Å². The van der Waals surface area contributed by atoms with E-state index in [-0.39, 0.29) is 17.9 Å². The van der Waals surface area contributed by atoms with Crippen LogP contribution in [-0.4, -0.2) is 15.7 Å². The molecule has 0 atom stereocenters. The summed E-state index contributed by atoms with van der Waals surface area (Å²) < 4.78 is 7.53. The highest BCUT2D eigenvalue weighted by Crippen LogP contribution is 2.26. The SMILES string of the molecule is Cn1nc(C(=O)OCc2csc3ccccc23)ccc1=O. The summed E-state index contributed by atoms with van der Waals surface area (Å²) in [5.41, 5.74) is 0.820. The second-order valence-electron chi connectivity index (χ2n) is 4.51. The molecule has 0 unspecified atom stereocenters. The van der Waals surface area contributed by atoms with Gasteiger partial charge in [-0.25, -0.2) is 9.48 Å². The quantitative estimate of drug-likeness (QED) is 0.697. The summed E-state index contributed by atoms with van der Waals surface area (Å²) >= 11 is 1.61. The standard InChI is InChI=1S/C15H12N2O3S/c1-17-14(18)7-6-12(16-17)15(19)20-8-10-9-21-13-5-3-2-4-11(10)13/h2-7,9H,8H2,1H3. The number of carbonyl (C=O) groups is 1. The molecule has 2 aromatic heterocycles. The molecule has 0 bridgehead atoms. The second-order valence-corrected chi connectivity index (χ2v) is 5.42. The van der Waals surface area contributed by atoms with E-state index in [0.29, 0.717) is 0 Å². The number of thiophene rings is 1. The molecule has 21 heavy (non-hydrogen) atoms. The first-order valence-electron chi connectivity index (χ1n) is 6.32. The number of rotatable bonds is 3. The van der Waals surface area contributed by atoms with Crippen molar-refractivity contribution >= 4 is 27.4 Å². The van der Waals surface area contributed by atoms with Gasteiger partial charge < -0.3 is 4.74 Å². The lowest BCUT2D eigenvalue weighted by Gasteiger charge is -2.04. The molecular formula is C15H12N2O3S. The number of benzene rings is 1. The Morgan fingerprint density at radius 1 is 1.29 bits per heavy atom. The zero-order valence-corrected chi connectivity index (χ0v) is 12.1. The maximum Gasteiger partial charge on any atom is 0.359 e. The summed E-state index contributed by atoms with van der Waals surface area (Å²) in [5, 5.41) is 6.93. The Balaban J connectivity index is 1.76. The molecule has 0 aliphatic rings. The fourth-order valence-electron chi connectivity index (χ4n) is 1.97. The molecule has 6 heteroatoms. The fraction of sp³-hybridized carbons (Fsp3) is 0.133. The molecule has 2 heterocycles. The van der Waals surface area contributed by atoms with E-state index in [1.165, 1.54) is 19.2 Å². The highest BCUT2D eigenvalue weighted by atomic mass is 32.1. The number of hydrogen-bond donors (Lipinski definition) is 0. The van der Waals surface area contributed by atoms with Gasteiger partial charge in [-0.3, -0.25) is 4.79 Å². The van der Waals surface area contributed by atoms with Gasteiger partial charge in [0.15, 0.2) is 5.69 Å². The molecule has 106 valence electrons. The van der Waals surface area contributed by atoms with Crippen molar-refractivity contribution < 1.29 is 9.53 Å². The van der Waals surface area contributed by atoms with Crippen molar-refractivity contribution in [2.24, 2.45) is 7.05 Å². The fourth-order valence-corrected chi connectivity index (χ4v) is 2.92. The van der Waals surface area contributed by atoms with Crippen LogP contribution >= 0.6 is 11.3 Å². The Morgan fingerprint density at radius 2 is 2.10 bits per heavy atom. The third kappa shape index (κ3) is 2.71. The minimum atomic E-state index is -0.541. The molecule has 3 aromatic rings. The Hall–Kier alpha value is -2.47. The van der Waals surface area contributed by atoms with Crippen molar-refractivity contribution in [2.75, 3.05) is 0 Å². The predicted molar refractivity (Wildman–Crippen MR) is 80.4 cm³/mol. The van der Waals surface area contributed by atoms with Crippen LogP contribution in [-0.2, 0) is 18.4 Å². The monoisotopic (exact) mass is 300 g/mol. The number of ether oxygens (including phenoxy) is 1. The van der Waals surface area contributed by atoms with Crippen LogP contribution in [0.4, 0.5) is 0 Å². The molecule has 0 aliphatic carbocycles. The summed E-state index contributed by atoms with van der Waals surface area (Å²) in [6.07, 6.45) is 0. The van der Waals surface area contributed by atoms with Gasteiger partial charge in [0.05, 0.1) is 0 Å². The van der Waals surface area contributed by atoms with Crippen LogP contribution in [0.3, 0.4) is 0 Å². The maximum absolute atomic E-state index is 11.9. The summed E-state index contributed by atoms with van der Waals surface area (Å²) in [5.74, 6) is -0.541. The van der Waals surface area contributed by atoms with Crippen LogP contribution in [0.5, 0.6) is 0 Å². The Kier molecular flexibility index (Phi) is 3.53. The average molecular weight is 300 g/mol. The molecule has 5 nitrogen and oxygen atoms in total. The van der Waals surface area contributed by atoms with Gasteiger partial charge in [-0.2, -0.15) is 5.10 Å². The lowest BCUT2D eigenvalue weighted by atomic mass is 10.2. The van der Waals surface area contributed by atoms with E-state index in [1.54, 1.807) is 11.3 Å². The summed E-state index contributed by atoms with van der Waals surface area (Å²) in [6.45, 7) is 0.188. The largest absolute Gasteiger partial charge is 0.456 e. The van der Waals surface area contributed by atoms with Crippen LogP contribution in [0.2, 0.25) is 0 Å². The molecule has 0 saturated carbocycles.